The van der Waals surface area contributed by atoms with Crippen LogP contribution in [0.4, 0.5) is 10.2 Å². The molecular weight excluding hydrogens is 289 g/mol. The second-order valence-corrected chi connectivity index (χ2v) is 6.62. The van der Waals surface area contributed by atoms with Crippen molar-refractivity contribution in [3.8, 4) is 0 Å². The monoisotopic (exact) mass is 305 g/mol. The molecular formula is C15H16FN3OS. The summed E-state index contributed by atoms with van der Waals surface area (Å²) in [5, 5.41) is 3.48. The van der Waals surface area contributed by atoms with Crippen molar-refractivity contribution < 1.29 is 4.39 Å². The fraction of sp³-hybridized carbons (Fsp3) is 0.333. The van der Waals surface area contributed by atoms with Crippen LogP contribution in [0.15, 0.2) is 34.1 Å². The van der Waals surface area contributed by atoms with Crippen LogP contribution in [0.3, 0.4) is 0 Å². The van der Waals surface area contributed by atoms with Crippen molar-refractivity contribution in [2.45, 2.75) is 32.1 Å². The van der Waals surface area contributed by atoms with Crippen molar-refractivity contribution >= 4 is 22.6 Å². The summed E-state index contributed by atoms with van der Waals surface area (Å²) in [7, 11) is 0. The maximum Gasteiger partial charge on any atom is 0.271 e. The van der Waals surface area contributed by atoms with Gasteiger partial charge in [0.25, 0.3) is 5.56 Å². The maximum absolute atomic E-state index is 13.5. The lowest BCUT2D eigenvalue weighted by Crippen LogP contribution is -2.13. The number of H-pyrrole nitrogens is 1. The summed E-state index contributed by atoms with van der Waals surface area (Å²) >= 11 is 1.48. The molecule has 0 fully saturated rings. The van der Waals surface area contributed by atoms with Gasteiger partial charge in [0.05, 0.1) is 15.9 Å². The van der Waals surface area contributed by atoms with Crippen LogP contribution in [0.1, 0.15) is 43.2 Å². The average Bonchev–Trinajstić information content (AvgIpc) is 2.75. The minimum Gasteiger partial charge on any atom is -0.268 e. The fourth-order valence-electron chi connectivity index (χ4n) is 2.49. The van der Waals surface area contributed by atoms with Crippen molar-refractivity contribution in [1.82, 2.24) is 9.78 Å². The quantitative estimate of drug-likeness (QED) is 0.918. The number of fused-ring (bicyclic) bond motifs is 1. The second-order valence-electron chi connectivity index (χ2n) is 5.33. The predicted molar refractivity (Wildman–Crippen MR) is 84.0 cm³/mol. The Morgan fingerprint density at radius 3 is 2.86 bits per heavy atom. The van der Waals surface area contributed by atoms with E-state index in [2.05, 4.69) is 10.1 Å². The molecule has 0 saturated carbocycles. The molecule has 110 valence electrons. The smallest absolute Gasteiger partial charge is 0.268 e. The summed E-state index contributed by atoms with van der Waals surface area (Å²) in [6.45, 7) is 5.88. The molecule has 1 aliphatic heterocycles. The number of thioether (sulfide) groups is 1. The van der Waals surface area contributed by atoms with Gasteiger partial charge in [0.1, 0.15) is 5.82 Å². The first-order valence-corrected chi connectivity index (χ1v) is 7.67. The molecule has 3 rings (SSSR count). The molecule has 1 aromatic heterocycles. The zero-order chi connectivity index (χ0) is 15.1. The first kappa shape index (κ1) is 14.1. The van der Waals surface area contributed by atoms with Crippen molar-refractivity contribution in [2.75, 3.05) is 0 Å². The first-order valence-electron chi connectivity index (χ1n) is 6.79. The number of aromatic amines is 1. The molecule has 0 spiro atoms. The molecule has 0 radical (unpaired) electrons. The third kappa shape index (κ3) is 2.44. The van der Waals surface area contributed by atoms with Gasteiger partial charge in [-0.1, -0.05) is 23.9 Å². The Kier molecular flexibility index (Phi) is 3.49. The molecule has 1 atom stereocenters. The number of aliphatic imine (C=N–C) groups is 1. The van der Waals surface area contributed by atoms with E-state index in [1.807, 2.05) is 26.8 Å². The van der Waals surface area contributed by atoms with Crippen molar-refractivity contribution in [1.29, 1.82) is 0 Å². The minimum atomic E-state index is -0.297. The second kappa shape index (κ2) is 5.18. The Bertz CT molecular complexity index is 775. The van der Waals surface area contributed by atoms with E-state index >= 15 is 0 Å². The SMILES string of the molecule is CC1=Nc2c(c(=O)[nH]n2C(C)C)[C@@H](c2cccc(F)c2)S1. The Labute approximate surface area is 126 Å². The van der Waals surface area contributed by atoms with Crippen LogP contribution in [-0.4, -0.2) is 14.8 Å². The number of hydrogen-bond donors (Lipinski definition) is 1. The Balaban J connectivity index is 2.20. The van der Waals surface area contributed by atoms with Gasteiger partial charge in [-0.2, -0.15) is 0 Å². The molecule has 21 heavy (non-hydrogen) atoms. The van der Waals surface area contributed by atoms with E-state index in [1.54, 1.807) is 10.7 Å². The highest BCUT2D eigenvalue weighted by atomic mass is 32.2. The summed E-state index contributed by atoms with van der Waals surface area (Å²) in [4.78, 5) is 16.8. The number of aromatic nitrogens is 2. The van der Waals surface area contributed by atoms with Crippen LogP contribution in [-0.2, 0) is 0 Å². The van der Waals surface area contributed by atoms with Gasteiger partial charge < -0.3 is 0 Å². The molecule has 0 aliphatic carbocycles. The topological polar surface area (TPSA) is 50.1 Å². The number of halogens is 1. The Morgan fingerprint density at radius 2 is 2.19 bits per heavy atom. The molecule has 0 bridgehead atoms. The summed E-state index contributed by atoms with van der Waals surface area (Å²) in [5.41, 5.74) is 1.23. The van der Waals surface area contributed by atoms with E-state index in [9.17, 15) is 9.18 Å². The summed E-state index contributed by atoms with van der Waals surface area (Å²) in [6.07, 6.45) is 0. The lowest BCUT2D eigenvalue weighted by atomic mass is 10.1. The molecule has 1 aromatic carbocycles. The molecule has 1 N–H and O–H groups in total. The zero-order valence-corrected chi connectivity index (χ0v) is 12.9. The number of nitrogens with zero attached hydrogens (tertiary/aromatic N) is 2. The van der Waals surface area contributed by atoms with Gasteiger partial charge in [0, 0.05) is 6.04 Å². The molecule has 4 nitrogen and oxygen atoms in total. The van der Waals surface area contributed by atoms with Gasteiger partial charge >= 0.3 is 0 Å². The zero-order valence-electron chi connectivity index (χ0n) is 12.1. The lowest BCUT2D eigenvalue weighted by Gasteiger charge is -2.21. The van der Waals surface area contributed by atoms with E-state index in [1.165, 1.54) is 23.9 Å². The molecule has 0 saturated heterocycles. The van der Waals surface area contributed by atoms with Crippen LogP contribution in [0.5, 0.6) is 0 Å². The number of benzene rings is 1. The molecule has 0 unspecified atom stereocenters. The Hall–Kier alpha value is -1.82. The van der Waals surface area contributed by atoms with Gasteiger partial charge in [-0.05, 0) is 38.5 Å². The van der Waals surface area contributed by atoms with E-state index < -0.39 is 0 Å². The largest absolute Gasteiger partial charge is 0.271 e. The van der Waals surface area contributed by atoms with Crippen molar-refractivity contribution in [2.24, 2.45) is 4.99 Å². The van der Waals surface area contributed by atoms with Gasteiger partial charge in [0.2, 0.25) is 0 Å². The third-order valence-electron chi connectivity index (χ3n) is 3.42. The van der Waals surface area contributed by atoms with Crippen LogP contribution in [0, 0.1) is 5.82 Å². The highest BCUT2D eigenvalue weighted by Gasteiger charge is 2.30. The number of nitrogens with one attached hydrogen (secondary N) is 1. The summed E-state index contributed by atoms with van der Waals surface area (Å²) < 4.78 is 15.3. The van der Waals surface area contributed by atoms with E-state index in [4.69, 9.17) is 0 Å². The van der Waals surface area contributed by atoms with Crippen LogP contribution < -0.4 is 5.56 Å². The predicted octanol–water partition coefficient (Wildman–Crippen LogP) is 3.78. The van der Waals surface area contributed by atoms with E-state index in [0.29, 0.717) is 11.4 Å². The summed E-state index contributed by atoms with van der Waals surface area (Å²) in [6, 6.07) is 6.50. The van der Waals surface area contributed by atoms with Gasteiger partial charge in [0.15, 0.2) is 5.82 Å². The standard InChI is InChI=1S/C15H16FN3OS/c1-8(2)19-14-12(15(20)18-19)13(21-9(3)17-14)10-5-4-6-11(16)7-10/h4-8,13H,1-3H3,(H,18,20)/t13-/m1/s1. The normalized spacial score (nSPS) is 17.8. The van der Waals surface area contributed by atoms with E-state index in [-0.39, 0.29) is 22.7 Å². The lowest BCUT2D eigenvalue weighted by molar-refractivity contribution is 0.533. The van der Waals surface area contributed by atoms with Crippen molar-refractivity contribution in [3.05, 3.63) is 51.6 Å². The van der Waals surface area contributed by atoms with Gasteiger partial charge in [-0.25, -0.2) is 9.38 Å². The van der Waals surface area contributed by atoms with Crippen LogP contribution in [0.25, 0.3) is 0 Å². The number of rotatable bonds is 2. The highest BCUT2D eigenvalue weighted by molar-refractivity contribution is 8.14. The Morgan fingerprint density at radius 1 is 1.43 bits per heavy atom. The molecule has 0 amide bonds. The van der Waals surface area contributed by atoms with Crippen LogP contribution >= 0.6 is 11.8 Å². The highest BCUT2D eigenvalue weighted by Crippen LogP contribution is 2.43. The number of hydrogen-bond acceptors (Lipinski definition) is 3. The molecule has 6 heteroatoms. The average molecular weight is 305 g/mol. The van der Waals surface area contributed by atoms with Gasteiger partial charge in [-0.3, -0.25) is 14.6 Å². The third-order valence-corrected chi connectivity index (χ3v) is 4.59. The van der Waals surface area contributed by atoms with Crippen LogP contribution in [0.2, 0.25) is 0 Å². The maximum atomic E-state index is 13.5. The van der Waals surface area contributed by atoms with Gasteiger partial charge in [-0.15, -0.1) is 0 Å². The summed E-state index contributed by atoms with van der Waals surface area (Å²) in [5.74, 6) is 0.357. The fourth-order valence-corrected chi connectivity index (χ4v) is 3.58. The minimum absolute atomic E-state index is 0.106. The molecule has 2 aromatic rings. The molecule has 1 aliphatic rings. The first-order chi connectivity index (χ1) is 9.97. The van der Waals surface area contributed by atoms with Crippen molar-refractivity contribution in [3.63, 3.8) is 0 Å². The van der Waals surface area contributed by atoms with E-state index in [0.717, 1.165) is 10.6 Å². The molecule has 2 heterocycles.